The van der Waals surface area contributed by atoms with Gasteiger partial charge in [-0.3, -0.25) is 4.79 Å². The number of aryl methyl sites for hydroxylation is 1. The van der Waals surface area contributed by atoms with Gasteiger partial charge in [0.25, 0.3) is 0 Å². The SMILES string of the molecule is COC(=O)c1ccc(NC(=O)CSc2nccn2Cc2ccc(C)cc2)cc1. The standard InChI is InChI=1S/C21H21N3O3S/c1-15-3-5-16(6-4-15)13-24-12-11-22-21(24)28-14-19(25)23-18-9-7-17(8-10-18)20(26)27-2/h3-12H,13-14H2,1-2H3,(H,23,25). The molecule has 0 aliphatic heterocycles. The molecular weight excluding hydrogens is 374 g/mol. The Morgan fingerprint density at radius 2 is 1.82 bits per heavy atom. The number of anilines is 1. The van der Waals surface area contributed by atoms with E-state index in [4.69, 9.17) is 0 Å². The number of ether oxygens (including phenoxy) is 1. The fraction of sp³-hybridized carbons (Fsp3) is 0.190. The molecule has 0 spiro atoms. The summed E-state index contributed by atoms with van der Waals surface area (Å²) < 4.78 is 6.68. The van der Waals surface area contributed by atoms with Crippen molar-refractivity contribution in [1.29, 1.82) is 0 Å². The van der Waals surface area contributed by atoms with E-state index in [0.717, 1.165) is 5.16 Å². The molecule has 0 saturated heterocycles. The van der Waals surface area contributed by atoms with Crippen LogP contribution in [0.3, 0.4) is 0 Å². The van der Waals surface area contributed by atoms with Gasteiger partial charge in [-0.05, 0) is 36.8 Å². The number of carbonyl (C=O) groups is 2. The van der Waals surface area contributed by atoms with Crippen molar-refractivity contribution in [2.75, 3.05) is 18.2 Å². The van der Waals surface area contributed by atoms with Crippen molar-refractivity contribution in [2.24, 2.45) is 0 Å². The van der Waals surface area contributed by atoms with E-state index in [1.807, 2.05) is 10.8 Å². The number of carbonyl (C=O) groups excluding carboxylic acids is 2. The summed E-state index contributed by atoms with van der Waals surface area (Å²) in [5.74, 6) is -0.307. The van der Waals surface area contributed by atoms with Gasteiger partial charge >= 0.3 is 5.97 Å². The Morgan fingerprint density at radius 1 is 1.11 bits per heavy atom. The van der Waals surface area contributed by atoms with Crippen molar-refractivity contribution >= 4 is 29.3 Å². The third kappa shape index (κ3) is 5.23. The van der Waals surface area contributed by atoms with Crippen molar-refractivity contribution in [1.82, 2.24) is 9.55 Å². The summed E-state index contributed by atoms with van der Waals surface area (Å²) in [7, 11) is 1.33. The molecule has 0 unspecified atom stereocenters. The average molecular weight is 395 g/mol. The first-order valence-electron chi connectivity index (χ1n) is 8.73. The highest BCUT2D eigenvalue weighted by Crippen LogP contribution is 2.18. The zero-order chi connectivity index (χ0) is 19.9. The van der Waals surface area contributed by atoms with Gasteiger partial charge in [-0.2, -0.15) is 0 Å². The Kier molecular flexibility index (Phi) is 6.49. The molecule has 7 heteroatoms. The van der Waals surface area contributed by atoms with Gasteiger partial charge in [0.15, 0.2) is 5.16 Å². The first-order chi connectivity index (χ1) is 13.5. The van der Waals surface area contributed by atoms with E-state index in [1.54, 1.807) is 30.5 Å². The Morgan fingerprint density at radius 3 is 2.50 bits per heavy atom. The topological polar surface area (TPSA) is 73.2 Å². The summed E-state index contributed by atoms with van der Waals surface area (Å²) in [6.45, 7) is 2.77. The first kappa shape index (κ1) is 19.7. The number of nitrogens with zero attached hydrogens (tertiary/aromatic N) is 2. The molecule has 1 aromatic heterocycles. The number of thioether (sulfide) groups is 1. The maximum absolute atomic E-state index is 12.2. The van der Waals surface area contributed by atoms with E-state index in [0.29, 0.717) is 17.8 Å². The van der Waals surface area contributed by atoms with Crippen LogP contribution >= 0.6 is 11.8 Å². The Hall–Kier alpha value is -3.06. The smallest absolute Gasteiger partial charge is 0.337 e. The van der Waals surface area contributed by atoms with E-state index in [-0.39, 0.29) is 11.7 Å². The van der Waals surface area contributed by atoms with Crippen molar-refractivity contribution in [3.8, 4) is 0 Å². The number of methoxy groups -OCH3 is 1. The first-order valence-corrected chi connectivity index (χ1v) is 9.71. The molecule has 28 heavy (non-hydrogen) atoms. The fourth-order valence-electron chi connectivity index (χ4n) is 2.58. The maximum atomic E-state index is 12.2. The van der Waals surface area contributed by atoms with E-state index in [1.165, 1.54) is 30.0 Å². The highest BCUT2D eigenvalue weighted by atomic mass is 32.2. The third-order valence-electron chi connectivity index (χ3n) is 4.07. The summed E-state index contributed by atoms with van der Waals surface area (Å²) >= 11 is 1.38. The van der Waals surface area contributed by atoms with Crippen LogP contribution in [0.5, 0.6) is 0 Å². The molecule has 0 aliphatic rings. The van der Waals surface area contributed by atoms with E-state index in [9.17, 15) is 9.59 Å². The second-order valence-corrected chi connectivity index (χ2v) is 7.17. The lowest BCUT2D eigenvalue weighted by atomic mass is 10.1. The lowest BCUT2D eigenvalue weighted by Crippen LogP contribution is -2.15. The molecule has 2 aromatic carbocycles. The molecule has 1 amide bonds. The van der Waals surface area contributed by atoms with Crippen LogP contribution < -0.4 is 5.32 Å². The van der Waals surface area contributed by atoms with Gasteiger partial charge in [-0.15, -0.1) is 0 Å². The quantitative estimate of drug-likeness (QED) is 0.487. The molecule has 1 heterocycles. The number of benzene rings is 2. The molecule has 3 rings (SSSR count). The molecule has 3 aromatic rings. The summed E-state index contributed by atoms with van der Waals surface area (Å²) in [6, 6.07) is 14.9. The van der Waals surface area contributed by atoms with Crippen LogP contribution in [0.15, 0.2) is 66.1 Å². The van der Waals surface area contributed by atoms with Gasteiger partial charge in [0.1, 0.15) is 0 Å². The number of esters is 1. The predicted octanol–water partition coefficient (Wildman–Crippen LogP) is 3.76. The van der Waals surface area contributed by atoms with Crippen LogP contribution in [0.2, 0.25) is 0 Å². The van der Waals surface area contributed by atoms with Gasteiger partial charge in [-0.1, -0.05) is 41.6 Å². The fourth-order valence-corrected chi connectivity index (χ4v) is 3.34. The molecular formula is C21H21N3O3S. The number of aromatic nitrogens is 2. The highest BCUT2D eigenvalue weighted by Gasteiger charge is 2.10. The summed E-state index contributed by atoms with van der Waals surface area (Å²) in [6.07, 6.45) is 3.64. The number of hydrogen-bond acceptors (Lipinski definition) is 5. The molecule has 0 atom stereocenters. The van der Waals surface area contributed by atoms with Crippen LogP contribution in [0, 0.1) is 6.92 Å². The van der Waals surface area contributed by atoms with Crippen LogP contribution in [0.25, 0.3) is 0 Å². The van der Waals surface area contributed by atoms with Crippen LogP contribution in [-0.4, -0.2) is 34.3 Å². The molecule has 1 N–H and O–H groups in total. The third-order valence-corrected chi connectivity index (χ3v) is 5.08. The maximum Gasteiger partial charge on any atom is 0.337 e. The molecule has 0 saturated carbocycles. The van der Waals surface area contributed by atoms with Crippen molar-refractivity contribution in [3.63, 3.8) is 0 Å². The summed E-state index contributed by atoms with van der Waals surface area (Å²) in [5.41, 5.74) is 3.47. The lowest BCUT2D eigenvalue weighted by molar-refractivity contribution is -0.113. The minimum atomic E-state index is -0.408. The molecule has 0 radical (unpaired) electrons. The van der Waals surface area contributed by atoms with Crippen molar-refractivity contribution in [3.05, 3.63) is 77.6 Å². The Bertz CT molecular complexity index is 950. The van der Waals surface area contributed by atoms with E-state index >= 15 is 0 Å². The van der Waals surface area contributed by atoms with Gasteiger partial charge in [0.05, 0.1) is 18.4 Å². The number of hydrogen-bond donors (Lipinski definition) is 1. The Labute approximate surface area is 167 Å². The minimum absolute atomic E-state index is 0.138. The molecule has 0 fully saturated rings. The zero-order valence-electron chi connectivity index (χ0n) is 15.7. The second-order valence-electron chi connectivity index (χ2n) is 6.23. The van der Waals surface area contributed by atoms with Gasteiger partial charge in [0, 0.05) is 24.6 Å². The van der Waals surface area contributed by atoms with Gasteiger partial charge in [-0.25, -0.2) is 9.78 Å². The summed E-state index contributed by atoms with van der Waals surface area (Å²) in [5, 5.41) is 3.60. The average Bonchev–Trinajstić information content (AvgIpc) is 3.15. The van der Waals surface area contributed by atoms with E-state index in [2.05, 4.69) is 46.2 Å². The number of imidazole rings is 1. The van der Waals surface area contributed by atoms with Crippen molar-refractivity contribution < 1.29 is 14.3 Å². The van der Waals surface area contributed by atoms with Crippen LogP contribution in [0.4, 0.5) is 5.69 Å². The molecule has 144 valence electrons. The molecule has 0 bridgehead atoms. The molecule has 6 nitrogen and oxygen atoms in total. The minimum Gasteiger partial charge on any atom is -0.465 e. The second kappa shape index (κ2) is 9.23. The van der Waals surface area contributed by atoms with E-state index < -0.39 is 5.97 Å². The zero-order valence-corrected chi connectivity index (χ0v) is 16.5. The Balaban J connectivity index is 1.54. The number of nitrogens with one attached hydrogen (secondary N) is 1. The summed E-state index contributed by atoms with van der Waals surface area (Å²) in [4.78, 5) is 28.0. The monoisotopic (exact) mass is 395 g/mol. The lowest BCUT2D eigenvalue weighted by Gasteiger charge is -2.09. The van der Waals surface area contributed by atoms with Gasteiger partial charge < -0.3 is 14.6 Å². The largest absolute Gasteiger partial charge is 0.465 e. The number of amides is 1. The normalized spacial score (nSPS) is 10.5. The number of rotatable bonds is 7. The van der Waals surface area contributed by atoms with Crippen LogP contribution in [-0.2, 0) is 16.1 Å². The molecule has 0 aliphatic carbocycles. The van der Waals surface area contributed by atoms with Crippen LogP contribution in [0.1, 0.15) is 21.5 Å². The van der Waals surface area contributed by atoms with Crippen molar-refractivity contribution in [2.45, 2.75) is 18.6 Å². The van der Waals surface area contributed by atoms with Gasteiger partial charge in [0.2, 0.25) is 5.91 Å². The highest BCUT2D eigenvalue weighted by molar-refractivity contribution is 7.99. The predicted molar refractivity (Wildman–Crippen MR) is 110 cm³/mol.